The highest BCUT2D eigenvalue weighted by atomic mass is 16.5. The largest absolute Gasteiger partial charge is 0.508 e. The van der Waals surface area contributed by atoms with Crippen molar-refractivity contribution in [2.24, 2.45) is 0 Å². The number of ether oxygens (including phenoxy) is 1. The minimum absolute atomic E-state index is 0.0923. The van der Waals surface area contributed by atoms with Gasteiger partial charge in [-0.3, -0.25) is 4.98 Å². The summed E-state index contributed by atoms with van der Waals surface area (Å²) in [6.07, 6.45) is 4.00. The van der Waals surface area contributed by atoms with Gasteiger partial charge in [-0.25, -0.2) is 4.79 Å². The molecule has 2 rings (SSSR count). The molecule has 0 saturated heterocycles. The van der Waals surface area contributed by atoms with Gasteiger partial charge in [-0.15, -0.1) is 0 Å². The van der Waals surface area contributed by atoms with Crippen LogP contribution >= 0.6 is 0 Å². The van der Waals surface area contributed by atoms with E-state index in [9.17, 15) is 9.90 Å². The van der Waals surface area contributed by atoms with Crippen LogP contribution in [0.4, 0.5) is 0 Å². The van der Waals surface area contributed by atoms with Crippen molar-refractivity contribution in [3.63, 3.8) is 0 Å². The summed E-state index contributed by atoms with van der Waals surface area (Å²) in [5.74, 6) is -0.365. The van der Waals surface area contributed by atoms with Crippen LogP contribution in [0.25, 0.3) is 0 Å². The number of aromatic hydroxyl groups is 1. The van der Waals surface area contributed by atoms with Gasteiger partial charge in [0.05, 0.1) is 12.7 Å². The maximum absolute atomic E-state index is 11.3. The predicted molar refractivity (Wildman–Crippen MR) is 66.5 cm³/mol. The van der Waals surface area contributed by atoms with Crippen molar-refractivity contribution in [1.82, 2.24) is 4.98 Å². The lowest BCUT2D eigenvalue weighted by Crippen LogP contribution is -2.01. The lowest BCUT2D eigenvalue weighted by atomic mass is 10.0. The summed E-state index contributed by atoms with van der Waals surface area (Å²) in [5, 5.41) is 9.87. The fourth-order valence-electron chi connectivity index (χ4n) is 1.68. The number of phenols is 1. The Labute approximate surface area is 105 Å². The number of carbonyl (C=O) groups excluding carboxylic acids is 1. The van der Waals surface area contributed by atoms with Crippen molar-refractivity contribution < 1.29 is 14.6 Å². The van der Waals surface area contributed by atoms with Crippen molar-refractivity contribution in [1.29, 1.82) is 0 Å². The molecule has 92 valence electrons. The summed E-state index contributed by atoms with van der Waals surface area (Å²) < 4.78 is 4.59. The molecule has 0 unspecified atom stereocenters. The molecule has 1 aromatic heterocycles. The standard InChI is InChI=1S/C14H13NO3/c1-18-14(17)12-3-2-11(13(16)9-12)8-10-4-6-15-7-5-10/h2-7,9,16H,8H2,1H3. The first-order chi connectivity index (χ1) is 8.70. The Morgan fingerprint density at radius 2 is 2.00 bits per heavy atom. The number of methoxy groups -OCH3 is 1. The number of hydrogen-bond acceptors (Lipinski definition) is 4. The molecule has 0 aliphatic heterocycles. The highest BCUT2D eigenvalue weighted by Crippen LogP contribution is 2.22. The molecule has 18 heavy (non-hydrogen) atoms. The van der Waals surface area contributed by atoms with Crippen LogP contribution in [0.1, 0.15) is 21.5 Å². The lowest BCUT2D eigenvalue weighted by molar-refractivity contribution is 0.0600. The molecular formula is C14H13NO3. The number of esters is 1. The quantitative estimate of drug-likeness (QED) is 0.839. The summed E-state index contributed by atoms with van der Waals surface area (Å²) in [6.45, 7) is 0. The van der Waals surface area contributed by atoms with E-state index in [1.807, 2.05) is 12.1 Å². The van der Waals surface area contributed by atoms with Gasteiger partial charge in [0.25, 0.3) is 0 Å². The fraction of sp³-hybridized carbons (Fsp3) is 0.143. The first-order valence-electron chi connectivity index (χ1n) is 5.50. The SMILES string of the molecule is COC(=O)c1ccc(Cc2ccncc2)c(O)c1. The van der Waals surface area contributed by atoms with E-state index in [0.29, 0.717) is 12.0 Å². The predicted octanol–water partition coefficient (Wildman–Crippen LogP) is 2.16. The average molecular weight is 243 g/mol. The van der Waals surface area contributed by atoms with E-state index in [4.69, 9.17) is 0 Å². The number of pyridine rings is 1. The second kappa shape index (κ2) is 5.31. The molecule has 0 fully saturated rings. The molecule has 4 nitrogen and oxygen atoms in total. The number of nitrogens with zero attached hydrogens (tertiary/aromatic N) is 1. The molecule has 0 aliphatic rings. The molecular weight excluding hydrogens is 230 g/mol. The van der Waals surface area contributed by atoms with Crippen molar-refractivity contribution >= 4 is 5.97 Å². The average Bonchev–Trinajstić information content (AvgIpc) is 2.41. The molecule has 2 aromatic rings. The van der Waals surface area contributed by atoms with Gasteiger partial charge in [0.2, 0.25) is 0 Å². The van der Waals surface area contributed by atoms with Gasteiger partial charge in [0.15, 0.2) is 0 Å². The maximum atomic E-state index is 11.3. The topological polar surface area (TPSA) is 59.4 Å². The van der Waals surface area contributed by atoms with E-state index in [0.717, 1.165) is 11.1 Å². The molecule has 1 N–H and O–H groups in total. The third kappa shape index (κ3) is 2.66. The Morgan fingerprint density at radius 1 is 1.28 bits per heavy atom. The van der Waals surface area contributed by atoms with Crippen LogP contribution in [0.5, 0.6) is 5.75 Å². The molecule has 0 radical (unpaired) electrons. The Bertz CT molecular complexity index is 552. The highest BCUT2D eigenvalue weighted by molar-refractivity contribution is 5.89. The maximum Gasteiger partial charge on any atom is 0.337 e. The van der Waals surface area contributed by atoms with Crippen molar-refractivity contribution in [3.05, 3.63) is 59.4 Å². The van der Waals surface area contributed by atoms with Crippen LogP contribution in [-0.4, -0.2) is 23.2 Å². The minimum atomic E-state index is -0.458. The third-order valence-electron chi connectivity index (χ3n) is 2.65. The summed E-state index contributed by atoms with van der Waals surface area (Å²) >= 11 is 0. The van der Waals surface area contributed by atoms with Gasteiger partial charge in [0.1, 0.15) is 5.75 Å². The van der Waals surface area contributed by atoms with Crippen LogP contribution in [-0.2, 0) is 11.2 Å². The van der Waals surface area contributed by atoms with E-state index < -0.39 is 5.97 Å². The van der Waals surface area contributed by atoms with E-state index in [1.165, 1.54) is 13.2 Å². The minimum Gasteiger partial charge on any atom is -0.508 e. The number of rotatable bonds is 3. The van der Waals surface area contributed by atoms with Crippen LogP contribution < -0.4 is 0 Å². The zero-order chi connectivity index (χ0) is 13.0. The normalized spacial score (nSPS) is 10.1. The third-order valence-corrected chi connectivity index (χ3v) is 2.65. The molecule has 0 aliphatic carbocycles. The highest BCUT2D eigenvalue weighted by Gasteiger charge is 2.09. The Hall–Kier alpha value is -2.36. The Kier molecular flexibility index (Phi) is 3.57. The number of aromatic nitrogens is 1. The second-order valence-electron chi connectivity index (χ2n) is 3.87. The molecule has 0 atom stereocenters. The van der Waals surface area contributed by atoms with Gasteiger partial charge >= 0.3 is 5.97 Å². The van der Waals surface area contributed by atoms with Gasteiger partial charge in [-0.2, -0.15) is 0 Å². The monoisotopic (exact) mass is 243 g/mol. The van der Waals surface area contributed by atoms with Gasteiger partial charge in [-0.1, -0.05) is 6.07 Å². The molecule has 0 saturated carbocycles. The van der Waals surface area contributed by atoms with Crippen LogP contribution in [0.2, 0.25) is 0 Å². The number of hydrogen-bond donors (Lipinski definition) is 1. The Balaban J connectivity index is 2.23. The summed E-state index contributed by atoms with van der Waals surface area (Å²) in [7, 11) is 1.31. The number of benzene rings is 1. The molecule has 4 heteroatoms. The summed E-state index contributed by atoms with van der Waals surface area (Å²) in [5.41, 5.74) is 2.15. The van der Waals surface area contributed by atoms with Gasteiger partial charge in [0, 0.05) is 18.8 Å². The molecule has 1 aromatic carbocycles. The first kappa shape index (κ1) is 12.1. The van der Waals surface area contributed by atoms with E-state index in [2.05, 4.69) is 9.72 Å². The van der Waals surface area contributed by atoms with E-state index in [-0.39, 0.29) is 5.75 Å². The smallest absolute Gasteiger partial charge is 0.337 e. The Morgan fingerprint density at radius 3 is 2.61 bits per heavy atom. The zero-order valence-electron chi connectivity index (χ0n) is 9.96. The summed E-state index contributed by atoms with van der Waals surface area (Å²) in [6, 6.07) is 8.55. The van der Waals surface area contributed by atoms with Gasteiger partial charge in [-0.05, 0) is 35.4 Å². The fourth-order valence-corrected chi connectivity index (χ4v) is 1.68. The number of carbonyl (C=O) groups is 1. The molecule has 1 heterocycles. The molecule has 0 spiro atoms. The van der Waals surface area contributed by atoms with Crippen LogP contribution in [0.15, 0.2) is 42.7 Å². The summed E-state index contributed by atoms with van der Waals surface area (Å²) in [4.78, 5) is 15.2. The molecule has 0 bridgehead atoms. The van der Waals surface area contributed by atoms with Crippen LogP contribution in [0.3, 0.4) is 0 Å². The first-order valence-corrected chi connectivity index (χ1v) is 5.50. The van der Waals surface area contributed by atoms with E-state index in [1.54, 1.807) is 24.5 Å². The lowest BCUT2D eigenvalue weighted by Gasteiger charge is -2.06. The second-order valence-corrected chi connectivity index (χ2v) is 3.87. The zero-order valence-corrected chi connectivity index (χ0v) is 9.96. The van der Waals surface area contributed by atoms with Crippen molar-refractivity contribution in [2.45, 2.75) is 6.42 Å². The van der Waals surface area contributed by atoms with E-state index >= 15 is 0 Å². The van der Waals surface area contributed by atoms with Crippen molar-refractivity contribution in [3.8, 4) is 5.75 Å². The molecule has 0 amide bonds. The van der Waals surface area contributed by atoms with Gasteiger partial charge < -0.3 is 9.84 Å². The van der Waals surface area contributed by atoms with Crippen molar-refractivity contribution in [2.75, 3.05) is 7.11 Å². The number of phenolic OH excluding ortho intramolecular Hbond substituents is 1. The van der Waals surface area contributed by atoms with Crippen LogP contribution in [0, 0.1) is 0 Å².